The van der Waals surface area contributed by atoms with E-state index in [2.05, 4.69) is 15.1 Å². The summed E-state index contributed by atoms with van der Waals surface area (Å²) >= 11 is 5.93. The number of aromatic nitrogens is 4. The van der Waals surface area contributed by atoms with E-state index in [4.69, 9.17) is 11.6 Å². The highest BCUT2D eigenvalue weighted by atomic mass is 35.5. The highest BCUT2D eigenvalue weighted by Crippen LogP contribution is 2.23. The minimum atomic E-state index is -0.769. The SMILES string of the molecule is CN(C)c1cn(-c2cnc(F)nc2)nc1Cl. The first kappa shape index (κ1) is 10.8. The van der Waals surface area contributed by atoms with Crippen molar-refractivity contribution in [3.63, 3.8) is 0 Å². The lowest BCUT2D eigenvalue weighted by Gasteiger charge is -2.08. The quantitative estimate of drug-likeness (QED) is 0.748. The first-order valence-corrected chi connectivity index (χ1v) is 4.86. The highest BCUT2D eigenvalue weighted by molar-refractivity contribution is 6.32. The lowest BCUT2D eigenvalue weighted by atomic mass is 10.5. The van der Waals surface area contributed by atoms with Crippen LogP contribution < -0.4 is 4.90 Å². The van der Waals surface area contributed by atoms with Gasteiger partial charge in [-0.05, 0) is 0 Å². The molecule has 2 aromatic rings. The molecule has 5 nitrogen and oxygen atoms in total. The Morgan fingerprint density at radius 1 is 1.31 bits per heavy atom. The fourth-order valence-electron chi connectivity index (χ4n) is 1.20. The molecule has 0 N–H and O–H groups in total. The molecule has 84 valence electrons. The van der Waals surface area contributed by atoms with E-state index < -0.39 is 6.08 Å². The van der Waals surface area contributed by atoms with Crippen molar-refractivity contribution in [3.05, 3.63) is 29.8 Å². The van der Waals surface area contributed by atoms with E-state index in [-0.39, 0.29) is 0 Å². The van der Waals surface area contributed by atoms with Crippen LogP contribution in [0, 0.1) is 6.08 Å². The van der Waals surface area contributed by atoms with Gasteiger partial charge in [0.05, 0.1) is 24.3 Å². The van der Waals surface area contributed by atoms with Gasteiger partial charge in [-0.2, -0.15) is 9.49 Å². The maximum absolute atomic E-state index is 12.5. The third kappa shape index (κ3) is 1.96. The Hall–Kier alpha value is -1.69. The molecule has 2 aromatic heterocycles. The van der Waals surface area contributed by atoms with Gasteiger partial charge in [0.25, 0.3) is 0 Å². The predicted molar refractivity (Wildman–Crippen MR) is 58.4 cm³/mol. The fraction of sp³-hybridized carbons (Fsp3) is 0.222. The number of hydrogen-bond donors (Lipinski definition) is 0. The zero-order chi connectivity index (χ0) is 11.7. The molecule has 0 aliphatic carbocycles. The average molecular weight is 242 g/mol. The number of rotatable bonds is 2. The molecular formula is C9H9ClFN5. The van der Waals surface area contributed by atoms with Crippen LogP contribution in [0.15, 0.2) is 18.6 Å². The van der Waals surface area contributed by atoms with E-state index in [9.17, 15) is 4.39 Å². The van der Waals surface area contributed by atoms with Crippen LogP contribution in [-0.2, 0) is 0 Å². The Morgan fingerprint density at radius 3 is 2.44 bits per heavy atom. The van der Waals surface area contributed by atoms with E-state index in [0.29, 0.717) is 10.8 Å². The van der Waals surface area contributed by atoms with Gasteiger partial charge in [-0.1, -0.05) is 11.6 Å². The van der Waals surface area contributed by atoms with Gasteiger partial charge in [-0.3, -0.25) is 0 Å². The second kappa shape index (κ2) is 4.05. The van der Waals surface area contributed by atoms with Crippen LogP contribution in [0.25, 0.3) is 5.69 Å². The van der Waals surface area contributed by atoms with Crippen LogP contribution in [0.1, 0.15) is 0 Å². The van der Waals surface area contributed by atoms with Gasteiger partial charge in [0.15, 0.2) is 5.15 Å². The smallest absolute Gasteiger partial charge is 0.308 e. The summed E-state index contributed by atoms with van der Waals surface area (Å²) in [6.45, 7) is 0. The molecule has 16 heavy (non-hydrogen) atoms. The molecule has 0 radical (unpaired) electrons. The van der Waals surface area contributed by atoms with Gasteiger partial charge in [0.1, 0.15) is 5.69 Å². The molecule has 2 rings (SSSR count). The van der Waals surface area contributed by atoms with E-state index in [1.54, 1.807) is 6.20 Å². The molecule has 0 amide bonds. The topological polar surface area (TPSA) is 46.8 Å². The van der Waals surface area contributed by atoms with Crippen molar-refractivity contribution in [3.8, 4) is 5.69 Å². The van der Waals surface area contributed by atoms with Crippen molar-refractivity contribution in [1.29, 1.82) is 0 Å². The first-order chi connectivity index (χ1) is 7.58. The molecule has 7 heteroatoms. The molecule has 0 atom stereocenters. The monoisotopic (exact) mass is 241 g/mol. The molecular weight excluding hydrogens is 233 g/mol. The molecule has 0 spiro atoms. The Morgan fingerprint density at radius 2 is 1.94 bits per heavy atom. The zero-order valence-corrected chi connectivity index (χ0v) is 9.48. The van der Waals surface area contributed by atoms with Crippen molar-refractivity contribution in [2.24, 2.45) is 0 Å². The summed E-state index contributed by atoms with van der Waals surface area (Å²) in [6.07, 6.45) is 3.63. The van der Waals surface area contributed by atoms with Crippen molar-refractivity contribution in [2.75, 3.05) is 19.0 Å². The summed E-state index contributed by atoms with van der Waals surface area (Å²) in [4.78, 5) is 8.72. The van der Waals surface area contributed by atoms with Crippen molar-refractivity contribution < 1.29 is 4.39 Å². The summed E-state index contributed by atoms with van der Waals surface area (Å²) < 4.78 is 14.0. The van der Waals surface area contributed by atoms with Crippen molar-refractivity contribution in [1.82, 2.24) is 19.7 Å². The highest BCUT2D eigenvalue weighted by Gasteiger charge is 2.09. The molecule has 0 aromatic carbocycles. The van der Waals surface area contributed by atoms with Crippen molar-refractivity contribution in [2.45, 2.75) is 0 Å². The van der Waals surface area contributed by atoms with E-state index in [0.717, 1.165) is 5.69 Å². The maximum Gasteiger partial charge on any atom is 0.308 e. The van der Waals surface area contributed by atoms with Gasteiger partial charge in [0.2, 0.25) is 0 Å². The third-order valence-electron chi connectivity index (χ3n) is 2.00. The van der Waals surface area contributed by atoms with Crippen LogP contribution in [0.3, 0.4) is 0 Å². The predicted octanol–water partition coefficient (Wildman–Crippen LogP) is 1.52. The molecule has 2 heterocycles. The summed E-state index contributed by atoms with van der Waals surface area (Å²) in [5.41, 5.74) is 1.32. The Balaban J connectivity index is 2.41. The Bertz CT molecular complexity index is 493. The summed E-state index contributed by atoms with van der Waals surface area (Å²) in [5.74, 6) is 0. The van der Waals surface area contributed by atoms with Gasteiger partial charge < -0.3 is 4.90 Å². The second-order valence-corrected chi connectivity index (χ2v) is 3.71. The van der Waals surface area contributed by atoms with E-state index in [1.807, 2.05) is 19.0 Å². The molecule has 0 unspecified atom stereocenters. The van der Waals surface area contributed by atoms with E-state index >= 15 is 0 Å². The number of anilines is 1. The molecule has 0 aliphatic rings. The largest absolute Gasteiger partial charge is 0.374 e. The zero-order valence-electron chi connectivity index (χ0n) is 8.72. The lowest BCUT2D eigenvalue weighted by molar-refractivity contribution is 0.537. The second-order valence-electron chi connectivity index (χ2n) is 3.35. The normalized spacial score (nSPS) is 10.5. The molecule has 0 aliphatic heterocycles. The Labute approximate surface area is 96.5 Å². The van der Waals surface area contributed by atoms with Crippen LogP contribution >= 0.6 is 11.6 Å². The minimum absolute atomic E-state index is 0.370. The first-order valence-electron chi connectivity index (χ1n) is 4.48. The summed E-state index contributed by atoms with van der Waals surface area (Å²) in [6, 6.07) is 0. The number of nitrogens with zero attached hydrogens (tertiary/aromatic N) is 5. The van der Waals surface area contributed by atoms with Crippen LogP contribution in [-0.4, -0.2) is 33.8 Å². The number of hydrogen-bond acceptors (Lipinski definition) is 4. The standard InChI is InChI=1S/C9H9ClFN5/c1-15(2)7-5-16(14-8(7)10)6-3-12-9(11)13-4-6/h3-5H,1-2H3. The van der Waals surface area contributed by atoms with Crippen LogP contribution in [0.4, 0.5) is 10.1 Å². The van der Waals surface area contributed by atoms with E-state index in [1.165, 1.54) is 17.1 Å². The Kier molecular flexibility index (Phi) is 2.74. The van der Waals surface area contributed by atoms with Gasteiger partial charge in [-0.25, -0.2) is 14.6 Å². The summed E-state index contributed by atoms with van der Waals surface area (Å²) in [7, 11) is 3.71. The summed E-state index contributed by atoms with van der Waals surface area (Å²) in [5, 5.41) is 4.44. The maximum atomic E-state index is 12.5. The minimum Gasteiger partial charge on any atom is -0.374 e. The number of halogens is 2. The lowest BCUT2D eigenvalue weighted by Crippen LogP contribution is -2.07. The average Bonchev–Trinajstić information content (AvgIpc) is 2.61. The fourth-order valence-corrected chi connectivity index (χ4v) is 1.50. The van der Waals surface area contributed by atoms with Crippen LogP contribution in [0.2, 0.25) is 5.15 Å². The van der Waals surface area contributed by atoms with Gasteiger partial charge in [-0.15, -0.1) is 0 Å². The van der Waals surface area contributed by atoms with Crippen molar-refractivity contribution >= 4 is 17.3 Å². The molecule has 0 bridgehead atoms. The molecule has 0 saturated carbocycles. The van der Waals surface area contributed by atoms with Gasteiger partial charge >= 0.3 is 6.08 Å². The van der Waals surface area contributed by atoms with Crippen LogP contribution in [0.5, 0.6) is 0 Å². The third-order valence-corrected chi connectivity index (χ3v) is 2.27. The molecule has 0 fully saturated rings. The van der Waals surface area contributed by atoms with Gasteiger partial charge in [0, 0.05) is 14.1 Å². The molecule has 0 saturated heterocycles.